The van der Waals surface area contributed by atoms with Gasteiger partial charge in [0, 0.05) is 17.5 Å². The number of thioether (sulfide) groups is 1. The van der Waals surface area contributed by atoms with Crippen LogP contribution in [0.4, 0.5) is 4.79 Å². The molecule has 2 aromatic rings. The van der Waals surface area contributed by atoms with Gasteiger partial charge in [-0.2, -0.15) is 0 Å². The molecule has 2 heterocycles. The highest BCUT2D eigenvalue weighted by Crippen LogP contribution is 2.33. The van der Waals surface area contributed by atoms with E-state index in [-0.39, 0.29) is 11.1 Å². The minimum absolute atomic E-state index is 0.180. The Morgan fingerprint density at radius 3 is 2.71 bits per heavy atom. The minimum Gasteiger partial charge on any atom is -0.268 e. The number of hydrogen-bond acceptors (Lipinski definition) is 5. The van der Waals surface area contributed by atoms with Crippen LogP contribution in [0.2, 0.25) is 0 Å². The lowest BCUT2D eigenvalue weighted by Gasteiger charge is -2.11. The molecular weight excluding hydrogens is 340 g/mol. The SMILES string of the molecule is CCCCCN1C(=O)S/C(=C/c2csc(-c3ccccc3)n2)C1=O. The number of aromatic nitrogens is 1. The second-order valence-corrected chi connectivity index (χ2v) is 7.34. The Morgan fingerprint density at radius 1 is 1.17 bits per heavy atom. The van der Waals surface area contributed by atoms with Gasteiger partial charge in [-0.15, -0.1) is 11.3 Å². The van der Waals surface area contributed by atoms with E-state index >= 15 is 0 Å². The molecule has 1 aromatic heterocycles. The van der Waals surface area contributed by atoms with Crippen molar-refractivity contribution in [2.24, 2.45) is 0 Å². The van der Waals surface area contributed by atoms with Gasteiger partial charge in [-0.05, 0) is 24.3 Å². The van der Waals surface area contributed by atoms with E-state index in [1.165, 1.54) is 16.2 Å². The maximum absolute atomic E-state index is 12.4. The zero-order valence-corrected chi connectivity index (χ0v) is 15.0. The van der Waals surface area contributed by atoms with Gasteiger partial charge in [0.05, 0.1) is 10.6 Å². The van der Waals surface area contributed by atoms with Crippen LogP contribution in [0.5, 0.6) is 0 Å². The lowest BCUT2D eigenvalue weighted by molar-refractivity contribution is -0.122. The van der Waals surface area contributed by atoms with Crippen LogP contribution in [0.15, 0.2) is 40.6 Å². The Labute approximate surface area is 149 Å². The van der Waals surface area contributed by atoms with Crippen molar-refractivity contribution in [2.45, 2.75) is 26.2 Å². The first-order valence-electron chi connectivity index (χ1n) is 7.95. The van der Waals surface area contributed by atoms with E-state index in [1.54, 1.807) is 6.08 Å². The van der Waals surface area contributed by atoms with Crippen LogP contribution < -0.4 is 0 Å². The first-order valence-corrected chi connectivity index (χ1v) is 9.65. The van der Waals surface area contributed by atoms with E-state index in [0.29, 0.717) is 11.4 Å². The fourth-order valence-electron chi connectivity index (χ4n) is 2.41. The fourth-order valence-corrected chi connectivity index (χ4v) is 4.05. The summed E-state index contributed by atoms with van der Waals surface area (Å²) in [4.78, 5) is 30.8. The molecule has 1 fully saturated rings. The van der Waals surface area contributed by atoms with Crippen LogP contribution >= 0.6 is 23.1 Å². The predicted molar refractivity (Wildman–Crippen MR) is 99.8 cm³/mol. The van der Waals surface area contributed by atoms with Gasteiger partial charge >= 0.3 is 0 Å². The lowest BCUT2D eigenvalue weighted by atomic mass is 10.2. The Hall–Kier alpha value is -1.92. The van der Waals surface area contributed by atoms with Crippen LogP contribution in [0.3, 0.4) is 0 Å². The summed E-state index contributed by atoms with van der Waals surface area (Å²) in [6.45, 7) is 2.60. The van der Waals surface area contributed by atoms with Crippen LogP contribution in [0.1, 0.15) is 31.9 Å². The standard InChI is InChI=1S/C18H18N2O2S2/c1-2-3-7-10-20-17(21)15(24-18(20)22)11-14-12-23-16(19-14)13-8-5-4-6-9-13/h4-6,8-9,11-12H,2-3,7,10H2,1H3/b15-11+. The summed E-state index contributed by atoms with van der Waals surface area (Å²) in [5.74, 6) is -0.199. The number of unbranched alkanes of at least 4 members (excludes halogenated alkanes) is 2. The molecule has 0 bridgehead atoms. The van der Waals surface area contributed by atoms with Gasteiger partial charge in [-0.1, -0.05) is 50.1 Å². The van der Waals surface area contributed by atoms with Gasteiger partial charge < -0.3 is 0 Å². The van der Waals surface area contributed by atoms with Crippen molar-refractivity contribution < 1.29 is 9.59 Å². The minimum atomic E-state index is -0.199. The second-order valence-electron chi connectivity index (χ2n) is 5.48. The first-order chi connectivity index (χ1) is 11.7. The molecule has 1 aliphatic rings. The molecule has 0 saturated carbocycles. The molecule has 2 amide bonds. The molecule has 4 nitrogen and oxygen atoms in total. The maximum atomic E-state index is 12.4. The van der Waals surface area contributed by atoms with Crippen molar-refractivity contribution in [3.8, 4) is 10.6 Å². The number of carbonyl (C=O) groups is 2. The molecule has 6 heteroatoms. The molecule has 0 aliphatic carbocycles. The largest absolute Gasteiger partial charge is 0.293 e. The topological polar surface area (TPSA) is 50.3 Å². The monoisotopic (exact) mass is 358 g/mol. The van der Waals surface area contributed by atoms with E-state index < -0.39 is 0 Å². The van der Waals surface area contributed by atoms with Crippen molar-refractivity contribution in [3.05, 3.63) is 46.3 Å². The smallest absolute Gasteiger partial charge is 0.268 e. The van der Waals surface area contributed by atoms with E-state index in [0.717, 1.165) is 47.3 Å². The number of imide groups is 1. The third kappa shape index (κ3) is 3.76. The highest BCUT2D eigenvalue weighted by molar-refractivity contribution is 8.18. The van der Waals surface area contributed by atoms with Gasteiger partial charge in [0.2, 0.25) is 0 Å². The Kier molecular flexibility index (Phi) is 5.48. The summed E-state index contributed by atoms with van der Waals surface area (Å²) in [6, 6.07) is 9.91. The number of amides is 2. The highest BCUT2D eigenvalue weighted by atomic mass is 32.2. The molecule has 0 radical (unpaired) electrons. The maximum Gasteiger partial charge on any atom is 0.293 e. The molecule has 24 heavy (non-hydrogen) atoms. The number of benzene rings is 1. The summed E-state index contributed by atoms with van der Waals surface area (Å²) in [6.07, 6.45) is 4.66. The van der Waals surface area contributed by atoms with Crippen molar-refractivity contribution in [1.29, 1.82) is 0 Å². The second kappa shape index (κ2) is 7.77. The first kappa shape index (κ1) is 16.9. The van der Waals surface area contributed by atoms with Gasteiger partial charge in [-0.25, -0.2) is 4.98 Å². The fraction of sp³-hybridized carbons (Fsp3) is 0.278. The third-order valence-corrected chi connectivity index (χ3v) is 5.50. The summed E-state index contributed by atoms with van der Waals surface area (Å²) in [7, 11) is 0. The van der Waals surface area contributed by atoms with E-state index in [1.807, 2.05) is 35.7 Å². The Morgan fingerprint density at radius 2 is 1.96 bits per heavy atom. The molecule has 1 aliphatic heterocycles. The average Bonchev–Trinajstić information content (AvgIpc) is 3.16. The Balaban J connectivity index is 1.74. The zero-order chi connectivity index (χ0) is 16.9. The molecule has 0 unspecified atom stereocenters. The van der Waals surface area contributed by atoms with Crippen molar-refractivity contribution in [1.82, 2.24) is 9.88 Å². The molecule has 1 aromatic carbocycles. The van der Waals surface area contributed by atoms with Crippen LogP contribution in [0.25, 0.3) is 16.6 Å². The summed E-state index contributed by atoms with van der Waals surface area (Å²) < 4.78 is 0. The van der Waals surface area contributed by atoms with Gasteiger partial charge in [0.15, 0.2) is 0 Å². The quantitative estimate of drug-likeness (QED) is 0.536. The van der Waals surface area contributed by atoms with Crippen molar-refractivity contribution in [3.63, 3.8) is 0 Å². The van der Waals surface area contributed by atoms with E-state index in [2.05, 4.69) is 11.9 Å². The zero-order valence-electron chi connectivity index (χ0n) is 13.4. The van der Waals surface area contributed by atoms with Crippen LogP contribution in [-0.4, -0.2) is 27.6 Å². The summed E-state index contributed by atoms with van der Waals surface area (Å²) in [5.41, 5.74) is 1.77. The van der Waals surface area contributed by atoms with E-state index in [4.69, 9.17) is 0 Å². The molecule has 0 N–H and O–H groups in total. The van der Waals surface area contributed by atoms with Gasteiger partial charge in [-0.3, -0.25) is 14.5 Å². The molecule has 124 valence electrons. The molecule has 0 atom stereocenters. The predicted octanol–water partition coefficient (Wildman–Crippen LogP) is 5.04. The van der Waals surface area contributed by atoms with Crippen LogP contribution in [-0.2, 0) is 4.79 Å². The Bertz CT molecular complexity index is 768. The van der Waals surface area contributed by atoms with Gasteiger partial charge in [0.25, 0.3) is 11.1 Å². The highest BCUT2D eigenvalue weighted by Gasteiger charge is 2.34. The summed E-state index contributed by atoms with van der Waals surface area (Å²) >= 11 is 2.53. The van der Waals surface area contributed by atoms with Crippen molar-refractivity contribution >= 4 is 40.3 Å². The normalized spacial score (nSPS) is 16.4. The number of hydrogen-bond donors (Lipinski definition) is 0. The number of carbonyl (C=O) groups excluding carboxylic acids is 2. The number of rotatable bonds is 6. The molecule has 1 saturated heterocycles. The summed E-state index contributed by atoms with van der Waals surface area (Å²) in [5, 5.41) is 2.64. The molecule has 3 rings (SSSR count). The number of thiazole rings is 1. The van der Waals surface area contributed by atoms with Crippen molar-refractivity contribution in [2.75, 3.05) is 6.54 Å². The number of nitrogens with zero attached hydrogens (tertiary/aromatic N) is 2. The van der Waals surface area contributed by atoms with Crippen LogP contribution in [0, 0.1) is 0 Å². The van der Waals surface area contributed by atoms with Gasteiger partial charge in [0.1, 0.15) is 5.01 Å². The molecule has 0 spiro atoms. The average molecular weight is 358 g/mol. The third-order valence-electron chi connectivity index (χ3n) is 3.68. The lowest BCUT2D eigenvalue weighted by Crippen LogP contribution is -2.29. The molecular formula is C18H18N2O2S2. The van der Waals surface area contributed by atoms with E-state index in [9.17, 15) is 9.59 Å².